The number of rotatable bonds is 4. The van der Waals surface area contributed by atoms with Crippen molar-refractivity contribution in [2.75, 3.05) is 0 Å². The van der Waals surface area contributed by atoms with E-state index in [1.807, 2.05) is 12.1 Å². The average molecular weight is 353 g/mol. The second-order valence-corrected chi connectivity index (χ2v) is 6.51. The highest BCUT2D eigenvalue weighted by Gasteiger charge is 2.13. The minimum absolute atomic E-state index is 0.201. The predicted octanol–water partition coefficient (Wildman–Crippen LogP) is 5.82. The molecule has 0 aliphatic heterocycles. The number of nitrogens with one attached hydrogen (secondary N) is 1. The van der Waals surface area contributed by atoms with Gasteiger partial charge in [0.25, 0.3) is 0 Å². The fourth-order valence-corrected chi connectivity index (χ4v) is 3.11. The lowest BCUT2D eigenvalue weighted by atomic mass is 10.0. The Morgan fingerprint density at radius 3 is 2.25 bits per heavy atom. The molecule has 2 aromatic carbocycles. The van der Waals surface area contributed by atoms with Crippen molar-refractivity contribution in [2.24, 2.45) is 0 Å². The number of hydrogen-bond acceptors (Lipinski definition) is 1. The van der Waals surface area contributed by atoms with Crippen molar-refractivity contribution in [2.45, 2.75) is 32.9 Å². The fourth-order valence-electron chi connectivity index (χ4n) is 2.27. The molecule has 0 aliphatic rings. The third-order valence-electron chi connectivity index (χ3n) is 3.51. The van der Waals surface area contributed by atoms with Crippen molar-refractivity contribution in [1.29, 1.82) is 0 Å². The molecule has 0 amide bonds. The molecular weight excluding hydrogens is 334 g/mol. The van der Waals surface area contributed by atoms with E-state index < -0.39 is 0 Å². The van der Waals surface area contributed by atoms with E-state index in [1.165, 1.54) is 11.1 Å². The van der Waals surface area contributed by atoms with Gasteiger partial charge >= 0.3 is 0 Å². The molecule has 0 bridgehead atoms. The van der Waals surface area contributed by atoms with Gasteiger partial charge in [0.05, 0.1) is 0 Å². The van der Waals surface area contributed by atoms with Gasteiger partial charge in [0, 0.05) is 21.6 Å². The van der Waals surface area contributed by atoms with E-state index in [2.05, 4.69) is 72.3 Å². The van der Waals surface area contributed by atoms with Crippen LogP contribution in [0.3, 0.4) is 0 Å². The molecule has 0 fully saturated rings. The lowest BCUT2D eigenvalue weighted by molar-refractivity contribution is 0.495. The summed E-state index contributed by atoms with van der Waals surface area (Å²) in [5.74, 6) is 0. The molecule has 0 aliphatic carbocycles. The normalized spacial score (nSPS) is 14.1. The quantitative estimate of drug-likeness (QED) is 0.730. The standard InChI is InChI=1S/C17H19BrClN/c1-11-4-6-14(7-5-11)12(2)20-13(3)16-9-8-15(18)10-17(16)19/h4-10,12-13,20H,1-3H3/t12-,13?/m0/s1. The lowest BCUT2D eigenvalue weighted by Crippen LogP contribution is -2.22. The van der Waals surface area contributed by atoms with Crippen molar-refractivity contribution < 1.29 is 0 Å². The zero-order valence-electron chi connectivity index (χ0n) is 12.0. The van der Waals surface area contributed by atoms with Crippen molar-refractivity contribution in [3.8, 4) is 0 Å². The average Bonchev–Trinajstić information content (AvgIpc) is 2.39. The molecule has 2 atom stereocenters. The summed E-state index contributed by atoms with van der Waals surface area (Å²) >= 11 is 9.74. The largest absolute Gasteiger partial charge is 0.304 e. The summed E-state index contributed by atoms with van der Waals surface area (Å²) in [5, 5.41) is 4.38. The first kappa shape index (κ1) is 15.6. The van der Waals surface area contributed by atoms with Gasteiger partial charge < -0.3 is 5.32 Å². The molecule has 20 heavy (non-hydrogen) atoms. The van der Waals surface area contributed by atoms with E-state index >= 15 is 0 Å². The van der Waals surface area contributed by atoms with Crippen LogP contribution in [0.1, 0.15) is 42.6 Å². The molecule has 3 heteroatoms. The van der Waals surface area contributed by atoms with Gasteiger partial charge in [0.2, 0.25) is 0 Å². The van der Waals surface area contributed by atoms with Crippen LogP contribution >= 0.6 is 27.5 Å². The Morgan fingerprint density at radius 1 is 1.00 bits per heavy atom. The monoisotopic (exact) mass is 351 g/mol. The van der Waals surface area contributed by atoms with Gasteiger partial charge in [0.1, 0.15) is 0 Å². The van der Waals surface area contributed by atoms with Crippen LogP contribution in [-0.4, -0.2) is 0 Å². The molecular formula is C17H19BrClN. The third-order valence-corrected chi connectivity index (χ3v) is 4.33. The topological polar surface area (TPSA) is 12.0 Å². The lowest BCUT2D eigenvalue weighted by Gasteiger charge is -2.22. The molecule has 1 unspecified atom stereocenters. The number of benzene rings is 2. The zero-order chi connectivity index (χ0) is 14.7. The van der Waals surface area contributed by atoms with E-state index in [1.54, 1.807) is 0 Å². The Labute approximate surface area is 134 Å². The number of aryl methyl sites for hydroxylation is 1. The molecule has 0 heterocycles. The van der Waals surface area contributed by atoms with Crippen LogP contribution in [0.15, 0.2) is 46.9 Å². The van der Waals surface area contributed by atoms with E-state index in [0.717, 1.165) is 15.1 Å². The molecule has 2 aromatic rings. The number of hydrogen-bond donors (Lipinski definition) is 1. The van der Waals surface area contributed by atoms with Crippen LogP contribution in [-0.2, 0) is 0 Å². The van der Waals surface area contributed by atoms with E-state index in [9.17, 15) is 0 Å². The van der Waals surface area contributed by atoms with Crippen molar-refractivity contribution >= 4 is 27.5 Å². The molecule has 0 saturated carbocycles. The van der Waals surface area contributed by atoms with Gasteiger partial charge in [-0.25, -0.2) is 0 Å². The van der Waals surface area contributed by atoms with Crippen molar-refractivity contribution in [3.05, 3.63) is 68.7 Å². The molecule has 0 spiro atoms. The number of halogens is 2. The van der Waals surface area contributed by atoms with Gasteiger partial charge in [-0.05, 0) is 44.0 Å². The Morgan fingerprint density at radius 2 is 1.65 bits per heavy atom. The van der Waals surface area contributed by atoms with Crippen molar-refractivity contribution in [3.63, 3.8) is 0 Å². The van der Waals surface area contributed by atoms with Crippen molar-refractivity contribution in [1.82, 2.24) is 5.32 Å². The van der Waals surface area contributed by atoms with Crippen LogP contribution in [0.2, 0.25) is 5.02 Å². The molecule has 0 saturated heterocycles. The minimum Gasteiger partial charge on any atom is -0.304 e. The highest BCUT2D eigenvalue weighted by molar-refractivity contribution is 9.10. The first-order valence-electron chi connectivity index (χ1n) is 6.75. The smallest absolute Gasteiger partial charge is 0.0464 e. The maximum absolute atomic E-state index is 6.30. The van der Waals surface area contributed by atoms with E-state index in [4.69, 9.17) is 11.6 Å². The first-order valence-corrected chi connectivity index (χ1v) is 7.92. The van der Waals surface area contributed by atoms with Crippen LogP contribution in [0.4, 0.5) is 0 Å². The molecule has 0 radical (unpaired) electrons. The first-order chi connectivity index (χ1) is 9.47. The summed E-state index contributed by atoms with van der Waals surface area (Å²) in [6.07, 6.45) is 0. The molecule has 106 valence electrons. The van der Waals surface area contributed by atoms with Crippen LogP contribution < -0.4 is 5.32 Å². The highest BCUT2D eigenvalue weighted by atomic mass is 79.9. The summed E-state index contributed by atoms with van der Waals surface area (Å²) in [5.41, 5.74) is 3.69. The van der Waals surface area contributed by atoms with E-state index in [0.29, 0.717) is 0 Å². The van der Waals surface area contributed by atoms with Crippen LogP contribution in [0.5, 0.6) is 0 Å². The van der Waals surface area contributed by atoms with Gasteiger partial charge in [-0.2, -0.15) is 0 Å². The Hall–Kier alpha value is -0.830. The van der Waals surface area contributed by atoms with Gasteiger partial charge in [-0.15, -0.1) is 0 Å². The second-order valence-electron chi connectivity index (χ2n) is 5.19. The van der Waals surface area contributed by atoms with Gasteiger partial charge in [-0.1, -0.05) is 63.4 Å². The SMILES string of the molecule is Cc1ccc([C@H](C)NC(C)c2ccc(Br)cc2Cl)cc1. The minimum atomic E-state index is 0.201. The predicted molar refractivity (Wildman–Crippen MR) is 90.3 cm³/mol. The fraction of sp³-hybridized carbons (Fsp3) is 0.294. The summed E-state index contributed by atoms with van der Waals surface area (Å²) in [6.45, 7) is 6.42. The summed E-state index contributed by atoms with van der Waals surface area (Å²) in [6, 6.07) is 15.1. The Balaban J connectivity index is 2.10. The molecule has 2 rings (SSSR count). The van der Waals surface area contributed by atoms with Crippen LogP contribution in [0, 0.1) is 6.92 Å². The molecule has 1 N–H and O–H groups in total. The third kappa shape index (κ3) is 3.85. The maximum Gasteiger partial charge on any atom is 0.0464 e. The summed E-state index contributed by atoms with van der Waals surface area (Å²) < 4.78 is 1.00. The zero-order valence-corrected chi connectivity index (χ0v) is 14.3. The highest BCUT2D eigenvalue weighted by Crippen LogP contribution is 2.28. The summed E-state index contributed by atoms with van der Waals surface area (Å²) in [4.78, 5) is 0. The Bertz CT molecular complexity index is 580. The Kier molecular flexibility index (Phi) is 5.25. The van der Waals surface area contributed by atoms with Crippen LogP contribution in [0.25, 0.3) is 0 Å². The van der Waals surface area contributed by atoms with Gasteiger partial charge in [-0.3, -0.25) is 0 Å². The molecule has 1 nitrogen and oxygen atoms in total. The second kappa shape index (κ2) is 6.75. The van der Waals surface area contributed by atoms with E-state index in [-0.39, 0.29) is 12.1 Å². The summed E-state index contributed by atoms with van der Waals surface area (Å²) in [7, 11) is 0. The molecule has 0 aromatic heterocycles. The maximum atomic E-state index is 6.30. The van der Waals surface area contributed by atoms with Gasteiger partial charge in [0.15, 0.2) is 0 Å².